The van der Waals surface area contributed by atoms with Crippen LogP contribution < -0.4 is 5.32 Å². The molecule has 1 N–H and O–H groups in total. The molecule has 0 unspecified atom stereocenters. The van der Waals surface area contributed by atoms with E-state index in [1.54, 1.807) is 0 Å². The summed E-state index contributed by atoms with van der Waals surface area (Å²) >= 11 is 6.26. The first-order chi connectivity index (χ1) is 7.35. The highest BCUT2D eigenvalue weighted by molar-refractivity contribution is 6.31. The molecule has 0 aliphatic rings. The predicted molar refractivity (Wildman–Crippen MR) is 68.8 cm³/mol. The number of aryl methyl sites for hydroxylation is 2. The van der Waals surface area contributed by atoms with Crippen LogP contribution in [0, 0.1) is 5.41 Å². The van der Waals surface area contributed by atoms with Gasteiger partial charge in [-0.15, -0.1) is 0 Å². The van der Waals surface area contributed by atoms with E-state index in [0.717, 1.165) is 35.9 Å². The standard InChI is InChI=1S/C12H22ClN3/c1-6-9-11(13)10(16(5)15-9)7-14-8-12(2,3)4/h14H,6-8H2,1-5H3. The Labute approximate surface area is 103 Å². The van der Waals surface area contributed by atoms with Crippen molar-refractivity contribution in [2.75, 3.05) is 6.54 Å². The third-order valence-corrected chi connectivity index (χ3v) is 2.89. The second-order valence-electron chi connectivity index (χ2n) is 5.35. The maximum absolute atomic E-state index is 6.26. The van der Waals surface area contributed by atoms with Gasteiger partial charge in [-0.2, -0.15) is 5.10 Å². The summed E-state index contributed by atoms with van der Waals surface area (Å²) in [6.45, 7) is 10.4. The zero-order valence-electron chi connectivity index (χ0n) is 10.9. The van der Waals surface area contributed by atoms with Crippen molar-refractivity contribution < 1.29 is 0 Å². The molecule has 0 saturated carbocycles. The Morgan fingerprint density at radius 2 is 2.00 bits per heavy atom. The fourth-order valence-electron chi connectivity index (χ4n) is 1.57. The lowest BCUT2D eigenvalue weighted by atomic mass is 9.97. The summed E-state index contributed by atoms with van der Waals surface area (Å²) in [7, 11) is 1.94. The Morgan fingerprint density at radius 3 is 2.44 bits per heavy atom. The lowest BCUT2D eigenvalue weighted by Gasteiger charge is -2.18. The topological polar surface area (TPSA) is 29.9 Å². The van der Waals surface area contributed by atoms with E-state index >= 15 is 0 Å². The number of aromatic nitrogens is 2. The Morgan fingerprint density at radius 1 is 1.38 bits per heavy atom. The van der Waals surface area contributed by atoms with Gasteiger partial charge in [0.25, 0.3) is 0 Å². The lowest BCUT2D eigenvalue weighted by Crippen LogP contribution is -2.27. The number of rotatable bonds is 4. The van der Waals surface area contributed by atoms with Gasteiger partial charge in [-0.25, -0.2) is 0 Å². The Kier molecular flexibility index (Phi) is 4.39. The maximum Gasteiger partial charge on any atom is 0.0863 e. The minimum atomic E-state index is 0.290. The van der Waals surface area contributed by atoms with Gasteiger partial charge in [-0.3, -0.25) is 4.68 Å². The monoisotopic (exact) mass is 243 g/mol. The van der Waals surface area contributed by atoms with Gasteiger partial charge in [-0.1, -0.05) is 39.3 Å². The summed E-state index contributed by atoms with van der Waals surface area (Å²) in [6, 6.07) is 0. The molecule has 0 aliphatic carbocycles. The second-order valence-corrected chi connectivity index (χ2v) is 5.73. The first kappa shape index (κ1) is 13.5. The van der Waals surface area contributed by atoms with E-state index in [4.69, 9.17) is 11.6 Å². The molecule has 0 radical (unpaired) electrons. The molecule has 1 aromatic rings. The highest BCUT2D eigenvalue weighted by Gasteiger charge is 2.14. The van der Waals surface area contributed by atoms with Crippen molar-refractivity contribution in [2.45, 2.75) is 40.7 Å². The van der Waals surface area contributed by atoms with Crippen LogP contribution in [0.1, 0.15) is 39.1 Å². The molecule has 0 saturated heterocycles. The fraction of sp³-hybridized carbons (Fsp3) is 0.750. The zero-order chi connectivity index (χ0) is 12.3. The van der Waals surface area contributed by atoms with E-state index in [0.29, 0.717) is 5.41 Å². The predicted octanol–water partition coefficient (Wildman–Crippen LogP) is 2.77. The second kappa shape index (κ2) is 5.19. The first-order valence-corrected chi connectivity index (χ1v) is 6.14. The minimum absolute atomic E-state index is 0.290. The molecule has 0 spiro atoms. The number of hydrogen-bond acceptors (Lipinski definition) is 2. The van der Waals surface area contributed by atoms with Crippen LogP contribution in [-0.2, 0) is 20.0 Å². The fourth-order valence-corrected chi connectivity index (χ4v) is 1.93. The minimum Gasteiger partial charge on any atom is -0.311 e. The molecule has 0 aromatic carbocycles. The van der Waals surface area contributed by atoms with Gasteiger partial charge in [0.2, 0.25) is 0 Å². The van der Waals surface area contributed by atoms with Crippen LogP contribution in [0.4, 0.5) is 0 Å². The molecule has 0 fully saturated rings. The van der Waals surface area contributed by atoms with Crippen molar-refractivity contribution in [1.29, 1.82) is 0 Å². The molecule has 1 rings (SSSR count). The third kappa shape index (κ3) is 3.49. The molecule has 0 aliphatic heterocycles. The number of nitrogens with one attached hydrogen (secondary N) is 1. The van der Waals surface area contributed by atoms with Gasteiger partial charge in [0, 0.05) is 20.1 Å². The SMILES string of the molecule is CCc1nn(C)c(CNCC(C)(C)C)c1Cl. The van der Waals surface area contributed by atoms with Gasteiger partial charge in [0.15, 0.2) is 0 Å². The van der Waals surface area contributed by atoms with Crippen molar-refractivity contribution in [3.8, 4) is 0 Å². The molecule has 92 valence electrons. The summed E-state index contributed by atoms with van der Waals surface area (Å²) in [5.41, 5.74) is 2.35. The maximum atomic E-state index is 6.26. The summed E-state index contributed by atoms with van der Waals surface area (Å²) in [5, 5.41) is 8.62. The highest BCUT2D eigenvalue weighted by Crippen LogP contribution is 2.20. The Balaban J connectivity index is 2.64. The molecule has 0 amide bonds. The molecule has 4 heteroatoms. The van der Waals surface area contributed by atoms with Crippen molar-refractivity contribution in [3.05, 3.63) is 16.4 Å². The smallest absolute Gasteiger partial charge is 0.0863 e. The number of halogens is 1. The van der Waals surface area contributed by atoms with Crippen LogP contribution >= 0.6 is 11.6 Å². The van der Waals surface area contributed by atoms with Gasteiger partial charge in [-0.05, 0) is 11.8 Å². The van der Waals surface area contributed by atoms with Crippen LogP contribution in [0.25, 0.3) is 0 Å². The Hall–Kier alpha value is -0.540. The molecule has 1 aromatic heterocycles. The van der Waals surface area contributed by atoms with Gasteiger partial charge in [0.05, 0.1) is 16.4 Å². The van der Waals surface area contributed by atoms with E-state index in [2.05, 4.69) is 38.1 Å². The van der Waals surface area contributed by atoms with Crippen molar-refractivity contribution in [2.24, 2.45) is 12.5 Å². The van der Waals surface area contributed by atoms with E-state index < -0.39 is 0 Å². The Bertz CT molecular complexity index is 350. The van der Waals surface area contributed by atoms with Gasteiger partial charge < -0.3 is 5.32 Å². The van der Waals surface area contributed by atoms with Crippen LogP contribution in [0.3, 0.4) is 0 Å². The first-order valence-electron chi connectivity index (χ1n) is 5.76. The normalized spacial score (nSPS) is 12.1. The highest BCUT2D eigenvalue weighted by atomic mass is 35.5. The van der Waals surface area contributed by atoms with Crippen molar-refractivity contribution in [1.82, 2.24) is 15.1 Å². The van der Waals surface area contributed by atoms with E-state index in [1.807, 2.05) is 11.7 Å². The molecule has 3 nitrogen and oxygen atoms in total. The third-order valence-electron chi connectivity index (χ3n) is 2.45. The number of hydrogen-bond donors (Lipinski definition) is 1. The van der Waals surface area contributed by atoms with Crippen LogP contribution in [-0.4, -0.2) is 16.3 Å². The van der Waals surface area contributed by atoms with E-state index in [1.165, 1.54) is 0 Å². The van der Waals surface area contributed by atoms with Crippen molar-refractivity contribution >= 4 is 11.6 Å². The van der Waals surface area contributed by atoms with Crippen molar-refractivity contribution in [3.63, 3.8) is 0 Å². The average molecular weight is 244 g/mol. The van der Waals surface area contributed by atoms with Crippen LogP contribution in [0.2, 0.25) is 5.02 Å². The summed E-state index contributed by atoms with van der Waals surface area (Å²) < 4.78 is 1.87. The van der Waals surface area contributed by atoms with Gasteiger partial charge >= 0.3 is 0 Å². The number of nitrogens with zero attached hydrogens (tertiary/aromatic N) is 2. The molecule has 0 bridgehead atoms. The van der Waals surface area contributed by atoms with Gasteiger partial charge in [0.1, 0.15) is 0 Å². The van der Waals surface area contributed by atoms with E-state index in [9.17, 15) is 0 Å². The molecule has 1 heterocycles. The average Bonchev–Trinajstić information content (AvgIpc) is 2.42. The molecular weight excluding hydrogens is 222 g/mol. The quantitative estimate of drug-likeness (QED) is 0.882. The van der Waals surface area contributed by atoms with E-state index in [-0.39, 0.29) is 0 Å². The summed E-state index contributed by atoms with van der Waals surface area (Å²) in [6.07, 6.45) is 0.881. The molecular formula is C12H22ClN3. The van der Waals surface area contributed by atoms with Crippen LogP contribution in [0.15, 0.2) is 0 Å². The summed E-state index contributed by atoms with van der Waals surface area (Å²) in [5.74, 6) is 0. The van der Waals surface area contributed by atoms with Crippen LogP contribution in [0.5, 0.6) is 0 Å². The largest absolute Gasteiger partial charge is 0.311 e. The summed E-state index contributed by atoms with van der Waals surface area (Å²) in [4.78, 5) is 0. The molecule has 0 atom stereocenters. The molecule has 16 heavy (non-hydrogen) atoms. The zero-order valence-corrected chi connectivity index (χ0v) is 11.6. The lowest BCUT2D eigenvalue weighted by molar-refractivity contribution is 0.376.